The highest BCUT2D eigenvalue weighted by Gasteiger charge is 2.03. The van der Waals surface area contributed by atoms with Crippen LogP contribution in [0.2, 0.25) is 10.0 Å². The lowest BCUT2D eigenvalue weighted by atomic mass is 10.2. The van der Waals surface area contributed by atoms with Gasteiger partial charge < -0.3 is 9.84 Å². The minimum absolute atomic E-state index is 0.0116. The quantitative estimate of drug-likeness (QED) is 0.649. The van der Waals surface area contributed by atoms with Gasteiger partial charge >= 0.3 is 0 Å². The van der Waals surface area contributed by atoms with Gasteiger partial charge in [0.1, 0.15) is 11.5 Å². The molecule has 0 aromatic heterocycles. The topological polar surface area (TPSA) is 70.9 Å². The molecule has 22 heavy (non-hydrogen) atoms. The summed E-state index contributed by atoms with van der Waals surface area (Å²) in [7, 11) is 0. The Morgan fingerprint density at radius 2 is 2.00 bits per heavy atom. The number of phenolic OH excluding ortho intramolecular Hbond substituents is 1. The molecule has 0 aliphatic carbocycles. The molecule has 0 spiro atoms. The second-order valence-corrected chi connectivity index (χ2v) is 5.12. The number of ether oxygens (including phenoxy) is 1. The van der Waals surface area contributed by atoms with Crippen LogP contribution in [0.15, 0.2) is 47.6 Å². The van der Waals surface area contributed by atoms with Gasteiger partial charge in [-0.15, -0.1) is 0 Å². The van der Waals surface area contributed by atoms with Gasteiger partial charge in [0.2, 0.25) is 0 Å². The van der Waals surface area contributed by atoms with Gasteiger partial charge in [0.05, 0.1) is 6.21 Å². The summed E-state index contributed by atoms with van der Waals surface area (Å²) >= 11 is 11.6. The minimum atomic E-state index is -0.447. The Balaban J connectivity index is 1.85. The van der Waals surface area contributed by atoms with Crippen LogP contribution >= 0.6 is 23.2 Å². The van der Waals surface area contributed by atoms with Crippen LogP contribution in [0.25, 0.3) is 0 Å². The van der Waals surface area contributed by atoms with Crippen LogP contribution in [-0.4, -0.2) is 23.8 Å². The molecule has 1 amide bonds. The van der Waals surface area contributed by atoms with E-state index in [1.54, 1.807) is 30.3 Å². The lowest BCUT2D eigenvalue weighted by molar-refractivity contribution is -0.123. The Hall–Kier alpha value is -2.24. The van der Waals surface area contributed by atoms with E-state index in [4.69, 9.17) is 27.9 Å². The van der Waals surface area contributed by atoms with Crippen LogP contribution in [0.3, 0.4) is 0 Å². The number of rotatable bonds is 5. The van der Waals surface area contributed by atoms with Crippen molar-refractivity contribution in [2.24, 2.45) is 5.10 Å². The maximum atomic E-state index is 11.6. The van der Waals surface area contributed by atoms with E-state index in [-0.39, 0.29) is 12.4 Å². The number of benzene rings is 2. The van der Waals surface area contributed by atoms with Crippen molar-refractivity contribution in [3.63, 3.8) is 0 Å². The predicted molar refractivity (Wildman–Crippen MR) is 85.8 cm³/mol. The first-order chi connectivity index (χ1) is 10.5. The number of hydrogen-bond donors (Lipinski definition) is 2. The number of carbonyl (C=O) groups is 1. The molecule has 0 unspecified atom stereocenters. The highest BCUT2D eigenvalue weighted by Crippen LogP contribution is 2.19. The molecule has 0 radical (unpaired) electrons. The van der Waals surface area contributed by atoms with Crippen molar-refractivity contribution in [1.82, 2.24) is 5.43 Å². The summed E-state index contributed by atoms with van der Waals surface area (Å²) in [6.07, 6.45) is 1.29. The van der Waals surface area contributed by atoms with Crippen LogP contribution in [0.5, 0.6) is 11.5 Å². The Kier molecular flexibility index (Phi) is 5.63. The van der Waals surface area contributed by atoms with E-state index in [1.165, 1.54) is 18.3 Å². The second kappa shape index (κ2) is 7.68. The molecule has 0 saturated heterocycles. The highest BCUT2D eigenvalue weighted by molar-refractivity contribution is 6.31. The molecule has 114 valence electrons. The third-order valence-electron chi connectivity index (χ3n) is 2.55. The Bertz CT molecular complexity index is 705. The number of nitrogens with zero attached hydrogens (tertiary/aromatic N) is 1. The van der Waals surface area contributed by atoms with Crippen LogP contribution in [0.1, 0.15) is 5.56 Å². The average Bonchev–Trinajstić information content (AvgIpc) is 2.49. The SMILES string of the molecule is O=C(COc1cccc(Cl)c1)N/N=C/c1cc(Cl)ccc1O. The molecule has 0 atom stereocenters. The fourth-order valence-corrected chi connectivity index (χ4v) is 1.90. The first kappa shape index (κ1) is 16.1. The van der Waals surface area contributed by atoms with Crippen LogP contribution in [0.4, 0.5) is 0 Å². The summed E-state index contributed by atoms with van der Waals surface area (Å²) < 4.78 is 5.25. The molecule has 0 aliphatic heterocycles. The number of nitrogens with one attached hydrogen (secondary N) is 1. The summed E-state index contributed by atoms with van der Waals surface area (Å²) in [4.78, 5) is 11.6. The van der Waals surface area contributed by atoms with Gasteiger partial charge in [-0.3, -0.25) is 4.79 Å². The van der Waals surface area contributed by atoms with E-state index in [0.29, 0.717) is 21.4 Å². The molecule has 0 aliphatic rings. The van der Waals surface area contributed by atoms with E-state index in [9.17, 15) is 9.90 Å². The molecule has 0 fully saturated rings. The summed E-state index contributed by atoms with van der Waals surface area (Å²) in [6.45, 7) is -0.209. The van der Waals surface area contributed by atoms with Gasteiger partial charge in [-0.1, -0.05) is 29.3 Å². The third kappa shape index (κ3) is 4.95. The third-order valence-corrected chi connectivity index (χ3v) is 3.02. The lowest BCUT2D eigenvalue weighted by Gasteiger charge is -2.05. The zero-order valence-corrected chi connectivity index (χ0v) is 12.8. The van der Waals surface area contributed by atoms with Gasteiger partial charge in [-0.05, 0) is 36.4 Å². The van der Waals surface area contributed by atoms with Crippen molar-refractivity contribution in [3.05, 3.63) is 58.1 Å². The normalized spacial score (nSPS) is 10.6. The molecule has 2 N–H and O–H groups in total. The van der Waals surface area contributed by atoms with Crippen molar-refractivity contribution < 1.29 is 14.6 Å². The van der Waals surface area contributed by atoms with E-state index < -0.39 is 5.91 Å². The average molecular weight is 339 g/mol. The summed E-state index contributed by atoms with van der Waals surface area (Å²) in [5.74, 6) is 0.0504. The molecule has 2 rings (SSSR count). The second-order valence-electron chi connectivity index (χ2n) is 4.24. The molecule has 0 bridgehead atoms. The van der Waals surface area contributed by atoms with Crippen molar-refractivity contribution in [1.29, 1.82) is 0 Å². The van der Waals surface area contributed by atoms with Crippen molar-refractivity contribution in [2.75, 3.05) is 6.61 Å². The van der Waals surface area contributed by atoms with Crippen molar-refractivity contribution in [3.8, 4) is 11.5 Å². The van der Waals surface area contributed by atoms with E-state index in [1.807, 2.05) is 0 Å². The standard InChI is InChI=1S/C15H12Cl2N2O3/c16-11-2-1-3-13(7-11)22-9-15(21)19-18-8-10-6-12(17)4-5-14(10)20/h1-8,20H,9H2,(H,19,21)/b18-8+. The summed E-state index contributed by atoms with van der Waals surface area (Å²) in [6, 6.07) is 11.2. The largest absolute Gasteiger partial charge is 0.507 e. The molecule has 0 saturated carbocycles. The first-order valence-electron chi connectivity index (χ1n) is 6.23. The Labute approximate surface area is 137 Å². The molecule has 2 aromatic rings. The number of amides is 1. The highest BCUT2D eigenvalue weighted by atomic mass is 35.5. The van der Waals surface area contributed by atoms with Crippen LogP contribution < -0.4 is 10.2 Å². The van der Waals surface area contributed by atoms with Crippen LogP contribution in [-0.2, 0) is 4.79 Å². The molecule has 5 nitrogen and oxygen atoms in total. The number of carbonyl (C=O) groups excluding carboxylic acids is 1. The minimum Gasteiger partial charge on any atom is -0.507 e. The summed E-state index contributed by atoms with van der Waals surface area (Å²) in [5.41, 5.74) is 2.67. The first-order valence-corrected chi connectivity index (χ1v) is 6.99. The van der Waals surface area contributed by atoms with Gasteiger partial charge in [-0.25, -0.2) is 5.43 Å². The predicted octanol–water partition coefficient (Wildman–Crippen LogP) is 3.23. The fourth-order valence-electron chi connectivity index (χ4n) is 1.54. The zero-order valence-electron chi connectivity index (χ0n) is 11.3. The number of halogens is 2. The molecule has 0 heterocycles. The molecule has 7 heteroatoms. The number of phenols is 1. The number of aromatic hydroxyl groups is 1. The monoisotopic (exact) mass is 338 g/mol. The van der Waals surface area contributed by atoms with Crippen molar-refractivity contribution in [2.45, 2.75) is 0 Å². The maximum Gasteiger partial charge on any atom is 0.277 e. The maximum absolute atomic E-state index is 11.6. The smallest absolute Gasteiger partial charge is 0.277 e. The lowest BCUT2D eigenvalue weighted by Crippen LogP contribution is -2.24. The summed E-state index contributed by atoms with van der Waals surface area (Å²) in [5, 5.41) is 14.3. The van der Waals surface area contributed by atoms with E-state index >= 15 is 0 Å². The van der Waals surface area contributed by atoms with Gasteiger partial charge in [0, 0.05) is 15.6 Å². The van der Waals surface area contributed by atoms with E-state index in [0.717, 1.165) is 0 Å². The van der Waals surface area contributed by atoms with Gasteiger partial charge in [-0.2, -0.15) is 5.10 Å². The fraction of sp³-hybridized carbons (Fsp3) is 0.0667. The Morgan fingerprint density at radius 1 is 1.23 bits per heavy atom. The zero-order chi connectivity index (χ0) is 15.9. The van der Waals surface area contributed by atoms with Crippen LogP contribution in [0, 0.1) is 0 Å². The molecular weight excluding hydrogens is 327 g/mol. The number of hydrazone groups is 1. The molecule has 2 aromatic carbocycles. The van der Waals surface area contributed by atoms with Gasteiger partial charge in [0.25, 0.3) is 5.91 Å². The molecular formula is C15H12Cl2N2O3. The van der Waals surface area contributed by atoms with E-state index in [2.05, 4.69) is 10.5 Å². The number of hydrogen-bond acceptors (Lipinski definition) is 4. The van der Waals surface area contributed by atoms with Gasteiger partial charge in [0.15, 0.2) is 6.61 Å². The van der Waals surface area contributed by atoms with Crippen molar-refractivity contribution >= 4 is 35.3 Å². The Morgan fingerprint density at radius 3 is 2.77 bits per heavy atom.